The number of hydrogen-bond acceptors (Lipinski definition) is 6. The van der Waals surface area contributed by atoms with Gasteiger partial charge in [-0.1, -0.05) is 29.5 Å². The summed E-state index contributed by atoms with van der Waals surface area (Å²) in [6.45, 7) is 4.14. The molecule has 2 aromatic carbocycles. The van der Waals surface area contributed by atoms with Crippen LogP contribution in [0.1, 0.15) is 11.4 Å². The number of anilines is 1. The van der Waals surface area contributed by atoms with Crippen molar-refractivity contribution < 1.29 is 14.3 Å². The lowest BCUT2D eigenvalue weighted by atomic mass is 10.2. The Kier molecular flexibility index (Phi) is 4.72. The zero-order valence-corrected chi connectivity index (χ0v) is 15.7. The zero-order chi connectivity index (χ0) is 18.8. The number of nitrogens with one attached hydrogen (secondary N) is 1. The number of fused-ring (bicyclic) bond motifs is 1. The molecule has 4 rings (SSSR count). The number of amides is 1. The summed E-state index contributed by atoms with van der Waals surface area (Å²) in [5.74, 6) is 2.19. The van der Waals surface area contributed by atoms with Crippen LogP contribution < -0.4 is 14.8 Å². The first-order chi connectivity index (χ1) is 13.1. The highest BCUT2D eigenvalue weighted by molar-refractivity contribution is 7.99. The molecular formula is C19H18N4O3S. The van der Waals surface area contributed by atoms with Gasteiger partial charge in [0.1, 0.15) is 5.82 Å². The molecule has 1 aliphatic rings. The first kappa shape index (κ1) is 17.4. The van der Waals surface area contributed by atoms with Crippen molar-refractivity contribution in [3.63, 3.8) is 0 Å². The smallest absolute Gasteiger partial charge is 0.234 e. The summed E-state index contributed by atoms with van der Waals surface area (Å²) in [5.41, 5.74) is 2.82. The van der Waals surface area contributed by atoms with E-state index in [2.05, 4.69) is 15.5 Å². The van der Waals surface area contributed by atoms with Crippen molar-refractivity contribution in [3.8, 4) is 17.2 Å². The van der Waals surface area contributed by atoms with Crippen LogP contribution in [0.5, 0.6) is 11.5 Å². The normalized spacial score (nSPS) is 12.2. The maximum Gasteiger partial charge on any atom is 0.234 e. The Hall–Kier alpha value is -3.00. The Morgan fingerprint density at radius 2 is 1.89 bits per heavy atom. The van der Waals surface area contributed by atoms with E-state index in [1.54, 1.807) is 18.2 Å². The molecule has 0 saturated heterocycles. The van der Waals surface area contributed by atoms with Gasteiger partial charge < -0.3 is 14.8 Å². The molecule has 0 saturated carbocycles. The molecule has 1 N–H and O–H groups in total. The van der Waals surface area contributed by atoms with Crippen molar-refractivity contribution in [1.82, 2.24) is 14.8 Å². The van der Waals surface area contributed by atoms with Crippen LogP contribution >= 0.6 is 11.8 Å². The van der Waals surface area contributed by atoms with Crippen molar-refractivity contribution >= 4 is 23.4 Å². The molecule has 1 amide bonds. The second-order valence-corrected chi connectivity index (χ2v) is 7.05. The average molecular weight is 382 g/mol. The molecule has 27 heavy (non-hydrogen) atoms. The highest BCUT2D eigenvalue weighted by Crippen LogP contribution is 2.34. The van der Waals surface area contributed by atoms with Crippen LogP contribution in [0.15, 0.2) is 47.6 Å². The highest BCUT2D eigenvalue weighted by Gasteiger charge is 2.16. The lowest BCUT2D eigenvalue weighted by Gasteiger charge is -2.09. The fourth-order valence-corrected chi connectivity index (χ4v) is 3.53. The van der Waals surface area contributed by atoms with Gasteiger partial charge in [0.2, 0.25) is 12.7 Å². The van der Waals surface area contributed by atoms with E-state index in [9.17, 15) is 4.79 Å². The summed E-state index contributed by atoms with van der Waals surface area (Å²) in [6, 6.07) is 13.4. The van der Waals surface area contributed by atoms with E-state index in [-0.39, 0.29) is 18.5 Å². The van der Waals surface area contributed by atoms with Crippen LogP contribution in [-0.2, 0) is 4.79 Å². The number of aryl methyl sites for hydroxylation is 2. The Bertz CT molecular complexity index is 985. The van der Waals surface area contributed by atoms with Crippen LogP contribution in [0.3, 0.4) is 0 Å². The largest absolute Gasteiger partial charge is 0.454 e. The third-order valence-corrected chi connectivity index (χ3v) is 5.00. The summed E-state index contributed by atoms with van der Waals surface area (Å²) in [5, 5.41) is 11.9. The molecule has 1 aromatic heterocycles. The van der Waals surface area contributed by atoms with E-state index in [0.29, 0.717) is 22.3 Å². The van der Waals surface area contributed by atoms with Crippen LogP contribution in [0, 0.1) is 13.8 Å². The fourth-order valence-electron chi connectivity index (χ4n) is 2.73. The van der Waals surface area contributed by atoms with Gasteiger partial charge in [-0.3, -0.25) is 9.36 Å². The molecule has 0 bridgehead atoms. The van der Waals surface area contributed by atoms with E-state index in [1.165, 1.54) is 17.3 Å². The number of hydrogen-bond donors (Lipinski definition) is 1. The number of carbonyl (C=O) groups is 1. The van der Waals surface area contributed by atoms with E-state index >= 15 is 0 Å². The average Bonchev–Trinajstić information content (AvgIpc) is 3.27. The standard InChI is InChI=1S/C19H18N4O3S/c1-12-3-6-15(7-4-12)23-13(2)21-22-19(23)27-10-18(24)20-14-5-8-16-17(9-14)26-11-25-16/h3-9H,10-11H2,1-2H3,(H,20,24). The van der Waals surface area contributed by atoms with Crippen LogP contribution in [-0.4, -0.2) is 33.2 Å². The molecule has 138 valence electrons. The van der Waals surface area contributed by atoms with Gasteiger partial charge in [-0.15, -0.1) is 10.2 Å². The molecule has 0 unspecified atom stereocenters. The van der Waals surface area contributed by atoms with Gasteiger partial charge in [-0.25, -0.2) is 0 Å². The van der Waals surface area contributed by atoms with Gasteiger partial charge in [0.05, 0.1) is 5.75 Å². The summed E-state index contributed by atoms with van der Waals surface area (Å²) >= 11 is 1.34. The maximum absolute atomic E-state index is 12.3. The third-order valence-electron chi connectivity index (χ3n) is 4.08. The van der Waals surface area contributed by atoms with E-state index in [0.717, 1.165) is 11.5 Å². The van der Waals surface area contributed by atoms with Crippen LogP contribution in [0.25, 0.3) is 5.69 Å². The van der Waals surface area contributed by atoms with Crippen LogP contribution in [0.4, 0.5) is 5.69 Å². The van der Waals surface area contributed by atoms with Gasteiger partial charge in [-0.05, 0) is 38.1 Å². The molecule has 0 fully saturated rings. The molecule has 0 spiro atoms. The Morgan fingerprint density at radius 3 is 2.70 bits per heavy atom. The van der Waals surface area contributed by atoms with Crippen LogP contribution in [0.2, 0.25) is 0 Å². The molecule has 8 heteroatoms. The number of thioether (sulfide) groups is 1. The minimum atomic E-state index is -0.130. The number of aromatic nitrogens is 3. The molecule has 7 nitrogen and oxygen atoms in total. The summed E-state index contributed by atoms with van der Waals surface area (Å²) in [6.07, 6.45) is 0. The molecule has 0 aliphatic carbocycles. The first-order valence-electron chi connectivity index (χ1n) is 8.41. The van der Waals surface area contributed by atoms with Gasteiger partial charge >= 0.3 is 0 Å². The van der Waals surface area contributed by atoms with Crippen molar-refractivity contribution in [3.05, 3.63) is 53.9 Å². The Labute approximate surface area is 160 Å². The maximum atomic E-state index is 12.3. The third kappa shape index (κ3) is 3.75. The van der Waals surface area contributed by atoms with Gasteiger partial charge in [0.15, 0.2) is 16.7 Å². The molecule has 2 heterocycles. The van der Waals surface area contributed by atoms with E-state index < -0.39 is 0 Å². The van der Waals surface area contributed by atoms with Crippen molar-refractivity contribution in [1.29, 1.82) is 0 Å². The molecule has 3 aromatic rings. The Morgan fingerprint density at radius 1 is 1.11 bits per heavy atom. The minimum Gasteiger partial charge on any atom is -0.454 e. The number of rotatable bonds is 5. The summed E-state index contributed by atoms with van der Waals surface area (Å²) in [4.78, 5) is 12.3. The summed E-state index contributed by atoms with van der Waals surface area (Å²) in [7, 11) is 0. The molecule has 1 aliphatic heterocycles. The van der Waals surface area contributed by atoms with Crippen molar-refractivity contribution in [2.75, 3.05) is 17.9 Å². The number of carbonyl (C=O) groups excluding carboxylic acids is 1. The second kappa shape index (κ2) is 7.32. The summed E-state index contributed by atoms with van der Waals surface area (Å²) < 4.78 is 12.5. The lowest BCUT2D eigenvalue weighted by molar-refractivity contribution is -0.113. The SMILES string of the molecule is Cc1ccc(-n2c(C)nnc2SCC(=O)Nc2ccc3c(c2)OCO3)cc1. The molecule has 0 atom stereocenters. The number of nitrogens with zero attached hydrogens (tertiary/aromatic N) is 3. The lowest BCUT2D eigenvalue weighted by Crippen LogP contribution is -2.14. The number of ether oxygens (including phenoxy) is 2. The topological polar surface area (TPSA) is 78.3 Å². The first-order valence-corrected chi connectivity index (χ1v) is 9.40. The predicted octanol–water partition coefficient (Wildman–Crippen LogP) is 3.34. The zero-order valence-electron chi connectivity index (χ0n) is 14.9. The fraction of sp³-hybridized carbons (Fsp3) is 0.211. The monoisotopic (exact) mass is 382 g/mol. The van der Waals surface area contributed by atoms with E-state index in [4.69, 9.17) is 9.47 Å². The molecular weight excluding hydrogens is 364 g/mol. The Balaban J connectivity index is 1.43. The van der Waals surface area contributed by atoms with Gasteiger partial charge in [0, 0.05) is 17.4 Å². The van der Waals surface area contributed by atoms with E-state index in [1.807, 2.05) is 42.7 Å². The van der Waals surface area contributed by atoms with Gasteiger partial charge in [0.25, 0.3) is 0 Å². The minimum absolute atomic E-state index is 0.130. The van der Waals surface area contributed by atoms with Gasteiger partial charge in [-0.2, -0.15) is 0 Å². The van der Waals surface area contributed by atoms with Crippen molar-refractivity contribution in [2.45, 2.75) is 19.0 Å². The van der Waals surface area contributed by atoms with Crippen molar-refractivity contribution in [2.24, 2.45) is 0 Å². The molecule has 0 radical (unpaired) electrons. The highest BCUT2D eigenvalue weighted by atomic mass is 32.2. The quantitative estimate of drug-likeness (QED) is 0.682. The number of benzene rings is 2. The second-order valence-electron chi connectivity index (χ2n) is 6.11. The predicted molar refractivity (Wildman–Crippen MR) is 103 cm³/mol.